The molecular weight excluding hydrogens is 122 g/mol. The van der Waals surface area contributed by atoms with Crippen molar-refractivity contribution < 1.29 is 0 Å². The zero-order valence-corrected chi connectivity index (χ0v) is 3.42. The molecule has 0 spiro atoms. The number of hydrogen-bond acceptors (Lipinski definition) is 0. The van der Waals surface area contributed by atoms with Gasteiger partial charge in [-0.15, -0.1) is 0 Å². The predicted octanol–water partition coefficient (Wildman–Crippen LogP) is 0.751. The first kappa shape index (κ1) is 9.29. The van der Waals surface area contributed by atoms with Crippen molar-refractivity contribution in [1.29, 1.82) is 0 Å². The van der Waals surface area contributed by atoms with Gasteiger partial charge in [0.2, 0.25) is 0 Å². The van der Waals surface area contributed by atoms with Crippen LogP contribution in [0.4, 0.5) is 0 Å². The van der Waals surface area contributed by atoms with Crippen LogP contribution in [0.25, 0.3) is 0 Å². The Morgan fingerprint density at radius 2 is 1.20 bits per heavy atom. The minimum Gasteiger partial charge on any atom is -0.0920 e. The topological polar surface area (TPSA) is 0 Å². The SMILES string of the molecule is ClC=CCl.[AlH3]. The summed E-state index contributed by atoms with van der Waals surface area (Å²) in [5.74, 6) is 0. The van der Waals surface area contributed by atoms with Gasteiger partial charge in [0.05, 0.1) is 0 Å². The van der Waals surface area contributed by atoms with Gasteiger partial charge < -0.3 is 0 Å². The Morgan fingerprint density at radius 1 is 1.00 bits per heavy atom. The number of rotatable bonds is 0. The van der Waals surface area contributed by atoms with Crippen LogP contribution in [0.1, 0.15) is 0 Å². The zero-order valence-electron chi connectivity index (χ0n) is 1.91. The quantitative estimate of drug-likeness (QED) is 0.421. The van der Waals surface area contributed by atoms with E-state index in [1.165, 1.54) is 11.1 Å². The second-order valence-corrected chi connectivity index (χ2v) is 0.756. The first-order chi connectivity index (χ1) is 1.91. The smallest absolute Gasteiger partial charge is 0.0920 e. The molecule has 0 saturated carbocycles. The molecule has 0 unspecified atom stereocenters. The molecule has 0 bridgehead atoms. The Bertz CT molecular complexity index is 22.8. The van der Waals surface area contributed by atoms with Gasteiger partial charge in [-0.3, -0.25) is 0 Å². The summed E-state index contributed by atoms with van der Waals surface area (Å²) in [7, 11) is 0. The van der Waals surface area contributed by atoms with E-state index in [1.807, 2.05) is 0 Å². The highest BCUT2D eigenvalue weighted by atomic mass is 35.5. The molecule has 0 fully saturated rings. The Morgan fingerprint density at radius 3 is 1.20 bits per heavy atom. The van der Waals surface area contributed by atoms with Crippen LogP contribution in [0, 0.1) is 0 Å². The minimum absolute atomic E-state index is 0. The molecule has 30 valence electrons. The summed E-state index contributed by atoms with van der Waals surface area (Å²) in [6.45, 7) is 0. The average molecular weight is 127 g/mol. The molecule has 0 aromatic rings. The summed E-state index contributed by atoms with van der Waals surface area (Å²) in [5.41, 5.74) is 2.48. The van der Waals surface area contributed by atoms with Crippen molar-refractivity contribution >= 4 is 40.6 Å². The van der Waals surface area contributed by atoms with E-state index in [9.17, 15) is 0 Å². The van der Waals surface area contributed by atoms with Gasteiger partial charge in [-0.1, -0.05) is 23.2 Å². The highest BCUT2D eigenvalue weighted by molar-refractivity contribution is 6.33. The van der Waals surface area contributed by atoms with E-state index in [1.54, 1.807) is 0 Å². The summed E-state index contributed by atoms with van der Waals surface area (Å²) >= 11 is 9.75. The zero-order chi connectivity index (χ0) is 3.41. The fourth-order valence-corrected chi connectivity index (χ4v) is 0. The van der Waals surface area contributed by atoms with Gasteiger partial charge in [-0.25, -0.2) is 0 Å². The number of hydrogen-bond donors (Lipinski definition) is 0. The van der Waals surface area contributed by atoms with Gasteiger partial charge in [0, 0.05) is 11.1 Å². The monoisotopic (exact) mass is 126 g/mol. The molecule has 0 aliphatic heterocycles. The van der Waals surface area contributed by atoms with Crippen molar-refractivity contribution in [3.05, 3.63) is 11.1 Å². The van der Waals surface area contributed by atoms with Crippen LogP contribution in [0.2, 0.25) is 0 Å². The molecule has 0 amide bonds. The molecule has 0 aliphatic carbocycles. The van der Waals surface area contributed by atoms with E-state index in [4.69, 9.17) is 23.2 Å². The molecular formula is C2H5AlCl2. The van der Waals surface area contributed by atoms with Crippen LogP contribution in [0.15, 0.2) is 11.1 Å². The molecule has 0 N–H and O–H groups in total. The van der Waals surface area contributed by atoms with Crippen molar-refractivity contribution in [3.8, 4) is 0 Å². The third kappa shape index (κ3) is 11.5. The summed E-state index contributed by atoms with van der Waals surface area (Å²) in [4.78, 5) is 0. The summed E-state index contributed by atoms with van der Waals surface area (Å²) in [6.07, 6.45) is 0. The lowest BCUT2D eigenvalue weighted by Gasteiger charge is -1.44. The molecule has 0 radical (unpaired) electrons. The third-order valence-electron chi connectivity index (χ3n) is 0.0476. The lowest BCUT2D eigenvalue weighted by molar-refractivity contribution is 2.51. The van der Waals surface area contributed by atoms with Crippen LogP contribution in [-0.4, -0.2) is 17.4 Å². The molecule has 0 nitrogen and oxygen atoms in total. The van der Waals surface area contributed by atoms with E-state index in [0.29, 0.717) is 0 Å². The molecule has 0 saturated heterocycles. The molecule has 5 heavy (non-hydrogen) atoms. The standard InChI is InChI=1S/C2H2Cl2.Al.3H/c3-1-2-4;;;;/h1-2H;;;;. The second-order valence-electron chi connectivity index (χ2n) is 0.252. The van der Waals surface area contributed by atoms with E-state index >= 15 is 0 Å². The van der Waals surface area contributed by atoms with Crippen LogP contribution >= 0.6 is 23.2 Å². The third-order valence-corrected chi connectivity index (χ3v) is 0.429. The molecule has 0 heterocycles. The van der Waals surface area contributed by atoms with E-state index < -0.39 is 0 Å². The van der Waals surface area contributed by atoms with Gasteiger partial charge in [-0.2, -0.15) is 0 Å². The van der Waals surface area contributed by atoms with Crippen LogP contribution in [0.3, 0.4) is 0 Å². The molecule has 0 aromatic heterocycles. The van der Waals surface area contributed by atoms with Crippen molar-refractivity contribution in [2.45, 2.75) is 0 Å². The highest BCUT2D eigenvalue weighted by Crippen LogP contribution is 1.78. The van der Waals surface area contributed by atoms with Gasteiger partial charge in [0.15, 0.2) is 17.4 Å². The fraction of sp³-hybridized carbons (Fsp3) is 0. The molecule has 0 atom stereocenters. The lowest BCUT2D eigenvalue weighted by atomic mass is 11.3. The van der Waals surface area contributed by atoms with Gasteiger partial charge >= 0.3 is 0 Å². The van der Waals surface area contributed by atoms with E-state index in [-0.39, 0.29) is 17.4 Å². The second kappa shape index (κ2) is 8.85. The number of halogens is 2. The van der Waals surface area contributed by atoms with E-state index in [2.05, 4.69) is 0 Å². The van der Waals surface area contributed by atoms with Crippen LogP contribution < -0.4 is 0 Å². The minimum atomic E-state index is 0. The van der Waals surface area contributed by atoms with Gasteiger partial charge in [-0.05, 0) is 0 Å². The largest absolute Gasteiger partial charge is 0.187 e. The molecule has 3 heteroatoms. The average Bonchev–Trinajstić information content (AvgIpc) is 1.37. The Labute approximate surface area is 51.9 Å². The van der Waals surface area contributed by atoms with Crippen molar-refractivity contribution in [2.24, 2.45) is 0 Å². The maximum absolute atomic E-state index is 4.87. The van der Waals surface area contributed by atoms with Gasteiger partial charge in [0.25, 0.3) is 0 Å². The predicted molar refractivity (Wildman–Crippen MR) is 30.8 cm³/mol. The molecule has 0 aliphatic rings. The fourth-order valence-electron chi connectivity index (χ4n) is 0. The van der Waals surface area contributed by atoms with Crippen molar-refractivity contribution in [3.63, 3.8) is 0 Å². The van der Waals surface area contributed by atoms with Gasteiger partial charge in [0.1, 0.15) is 0 Å². The maximum atomic E-state index is 4.87. The highest BCUT2D eigenvalue weighted by Gasteiger charge is 1.40. The van der Waals surface area contributed by atoms with Crippen molar-refractivity contribution in [2.75, 3.05) is 0 Å². The Hall–Kier alpha value is 0.852. The normalized spacial score (nSPS) is 7.60. The molecule has 0 rings (SSSR count). The van der Waals surface area contributed by atoms with Crippen molar-refractivity contribution in [1.82, 2.24) is 0 Å². The molecule has 0 aromatic carbocycles. The summed E-state index contributed by atoms with van der Waals surface area (Å²) in [5, 5.41) is 0. The Kier molecular flexibility index (Phi) is 16.4. The first-order valence-corrected chi connectivity index (χ1v) is 1.64. The first-order valence-electron chi connectivity index (χ1n) is 0.770. The summed E-state index contributed by atoms with van der Waals surface area (Å²) in [6, 6.07) is 0. The van der Waals surface area contributed by atoms with E-state index in [0.717, 1.165) is 0 Å². The maximum Gasteiger partial charge on any atom is 0.187 e. The Balaban J connectivity index is 0. The summed E-state index contributed by atoms with van der Waals surface area (Å²) < 4.78 is 0. The van der Waals surface area contributed by atoms with Crippen LogP contribution in [0.5, 0.6) is 0 Å². The van der Waals surface area contributed by atoms with Crippen LogP contribution in [-0.2, 0) is 0 Å². The lowest BCUT2D eigenvalue weighted by Crippen LogP contribution is -1.11.